The first kappa shape index (κ1) is 17.7. The van der Waals surface area contributed by atoms with Crippen molar-refractivity contribution < 1.29 is 0 Å². The number of allylic oxidation sites excluding steroid dienone is 7. The number of hydrogen-bond donors (Lipinski definition) is 0. The van der Waals surface area contributed by atoms with Crippen LogP contribution in [0.15, 0.2) is 78.9 Å². The van der Waals surface area contributed by atoms with Gasteiger partial charge in [0.05, 0.1) is 11.2 Å². The van der Waals surface area contributed by atoms with Crippen molar-refractivity contribution >= 4 is 38.8 Å². The van der Waals surface area contributed by atoms with Gasteiger partial charge in [0.2, 0.25) is 5.28 Å². The van der Waals surface area contributed by atoms with Crippen LogP contribution in [0.1, 0.15) is 19.5 Å². The Hall–Kier alpha value is -2.71. The van der Waals surface area contributed by atoms with Gasteiger partial charge in [-0.1, -0.05) is 61.6 Å². The van der Waals surface area contributed by atoms with Gasteiger partial charge in [0.25, 0.3) is 0 Å². The van der Waals surface area contributed by atoms with Gasteiger partial charge in [-0.05, 0) is 58.5 Å². The molecule has 0 saturated carbocycles. The quantitative estimate of drug-likeness (QED) is 0.288. The summed E-state index contributed by atoms with van der Waals surface area (Å²) < 4.78 is 0. The summed E-state index contributed by atoms with van der Waals surface area (Å²) in [4.78, 5) is 9.11. The van der Waals surface area contributed by atoms with Crippen LogP contribution >= 0.6 is 11.6 Å². The molecule has 2 nitrogen and oxygen atoms in total. The number of fused-ring (bicyclic) bond motifs is 3. The third-order valence-corrected chi connectivity index (χ3v) is 5.33. The Morgan fingerprint density at radius 3 is 2.70 bits per heavy atom. The average Bonchev–Trinajstić information content (AvgIpc) is 2.67. The number of halogens is 1. The maximum absolute atomic E-state index is 6.28. The standard InChI is InChI=1S/C24H21ClN2/c1-4-8-17-14-18(13-15(3)19(17)5-2)23-22-20-10-7-6-9-16(20)11-12-21(22)26-24(25)27-23/h4-15,19H,2H2,1,3H3/b8-4-/t15?,19-/m1/s1. The van der Waals surface area contributed by atoms with E-state index >= 15 is 0 Å². The zero-order valence-electron chi connectivity index (χ0n) is 15.5. The van der Waals surface area contributed by atoms with Gasteiger partial charge in [-0.15, -0.1) is 6.58 Å². The third kappa shape index (κ3) is 3.11. The fourth-order valence-corrected chi connectivity index (χ4v) is 4.12. The molecule has 134 valence electrons. The lowest BCUT2D eigenvalue weighted by Crippen LogP contribution is -2.13. The Kier molecular flexibility index (Phi) is 4.67. The highest BCUT2D eigenvalue weighted by Crippen LogP contribution is 2.38. The summed E-state index contributed by atoms with van der Waals surface area (Å²) in [5.41, 5.74) is 4.07. The van der Waals surface area contributed by atoms with Crippen molar-refractivity contribution in [2.75, 3.05) is 0 Å². The van der Waals surface area contributed by atoms with Gasteiger partial charge in [0.15, 0.2) is 0 Å². The molecule has 0 fully saturated rings. The SMILES string of the molecule is C=C[C@H]1C(/C=C\C)=CC(c2nc(Cl)nc3ccc4ccccc4c23)=CC1C. The van der Waals surface area contributed by atoms with Gasteiger partial charge in [-0.25, -0.2) is 9.97 Å². The smallest absolute Gasteiger partial charge is 0.218 e. The summed E-state index contributed by atoms with van der Waals surface area (Å²) in [6.45, 7) is 8.27. The summed E-state index contributed by atoms with van der Waals surface area (Å²) in [7, 11) is 0. The minimum absolute atomic E-state index is 0.271. The molecule has 2 atom stereocenters. The lowest BCUT2D eigenvalue weighted by molar-refractivity contribution is 0.588. The minimum atomic E-state index is 0.271. The maximum atomic E-state index is 6.28. The number of nitrogens with zero attached hydrogens (tertiary/aromatic N) is 2. The van der Waals surface area contributed by atoms with Gasteiger partial charge < -0.3 is 0 Å². The fraction of sp³-hybridized carbons (Fsp3) is 0.167. The summed E-state index contributed by atoms with van der Waals surface area (Å²) in [6, 6.07) is 12.4. The van der Waals surface area contributed by atoms with Crippen molar-refractivity contribution in [3.05, 3.63) is 89.9 Å². The first-order valence-electron chi connectivity index (χ1n) is 9.16. The van der Waals surface area contributed by atoms with E-state index in [1.165, 1.54) is 11.0 Å². The molecule has 1 heterocycles. The highest BCUT2D eigenvalue weighted by Gasteiger charge is 2.23. The maximum Gasteiger partial charge on any atom is 0.223 e. The topological polar surface area (TPSA) is 25.8 Å². The second kappa shape index (κ2) is 7.13. The molecule has 0 N–H and O–H groups in total. The predicted molar refractivity (Wildman–Crippen MR) is 116 cm³/mol. The van der Waals surface area contributed by atoms with Crippen LogP contribution in [0.3, 0.4) is 0 Å². The van der Waals surface area contributed by atoms with Crippen LogP contribution in [0.2, 0.25) is 5.28 Å². The molecule has 1 aliphatic rings. The monoisotopic (exact) mass is 372 g/mol. The molecule has 1 aromatic heterocycles. The zero-order valence-corrected chi connectivity index (χ0v) is 16.2. The van der Waals surface area contributed by atoms with Gasteiger partial charge in [0.1, 0.15) is 0 Å². The zero-order chi connectivity index (χ0) is 19.0. The molecular weight excluding hydrogens is 352 g/mol. The van der Waals surface area contributed by atoms with E-state index in [1.54, 1.807) is 0 Å². The van der Waals surface area contributed by atoms with Crippen molar-refractivity contribution in [1.82, 2.24) is 9.97 Å². The Balaban J connectivity index is 2.04. The molecular formula is C24H21ClN2. The summed E-state index contributed by atoms with van der Waals surface area (Å²) >= 11 is 6.28. The fourth-order valence-electron chi connectivity index (χ4n) is 3.95. The summed E-state index contributed by atoms with van der Waals surface area (Å²) in [5.74, 6) is 0.623. The number of aromatic nitrogens is 2. The van der Waals surface area contributed by atoms with Crippen molar-refractivity contribution in [1.29, 1.82) is 0 Å². The lowest BCUT2D eigenvalue weighted by atomic mass is 9.79. The van der Waals surface area contributed by atoms with E-state index in [0.717, 1.165) is 27.6 Å². The molecule has 0 amide bonds. The minimum Gasteiger partial charge on any atom is -0.218 e. The van der Waals surface area contributed by atoms with Crippen molar-refractivity contribution in [2.24, 2.45) is 11.8 Å². The average molecular weight is 373 g/mol. The first-order valence-corrected chi connectivity index (χ1v) is 9.54. The van der Waals surface area contributed by atoms with Gasteiger partial charge >= 0.3 is 0 Å². The van der Waals surface area contributed by atoms with Crippen LogP contribution in [0.25, 0.3) is 27.2 Å². The van der Waals surface area contributed by atoms with Crippen LogP contribution in [-0.2, 0) is 0 Å². The highest BCUT2D eigenvalue weighted by atomic mass is 35.5. The lowest BCUT2D eigenvalue weighted by Gasteiger charge is -2.25. The van der Waals surface area contributed by atoms with E-state index < -0.39 is 0 Å². The number of hydrogen-bond acceptors (Lipinski definition) is 2. The third-order valence-electron chi connectivity index (χ3n) is 5.16. The van der Waals surface area contributed by atoms with Crippen LogP contribution in [0.4, 0.5) is 0 Å². The molecule has 1 aliphatic carbocycles. The van der Waals surface area contributed by atoms with E-state index in [0.29, 0.717) is 11.8 Å². The van der Waals surface area contributed by atoms with Gasteiger partial charge in [-0.2, -0.15) is 0 Å². The van der Waals surface area contributed by atoms with E-state index in [4.69, 9.17) is 11.6 Å². The first-order chi connectivity index (χ1) is 13.1. The Morgan fingerprint density at radius 1 is 1.11 bits per heavy atom. The second-order valence-corrected chi connectivity index (χ2v) is 7.25. The van der Waals surface area contributed by atoms with Crippen LogP contribution in [0.5, 0.6) is 0 Å². The van der Waals surface area contributed by atoms with Gasteiger partial charge in [-0.3, -0.25) is 0 Å². The molecule has 0 saturated heterocycles. The Labute approximate surface area is 164 Å². The molecule has 0 aliphatic heterocycles. The number of benzene rings is 2. The summed E-state index contributed by atoms with van der Waals surface area (Å²) in [6.07, 6.45) is 10.7. The summed E-state index contributed by atoms with van der Waals surface area (Å²) in [5, 5.41) is 3.63. The van der Waals surface area contributed by atoms with Crippen LogP contribution < -0.4 is 0 Å². The molecule has 1 unspecified atom stereocenters. The number of rotatable bonds is 3. The molecule has 2 aromatic carbocycles. The Bertz CT molecular complexity index is 1140. The predicted octanol–water partition coefficient (Wildman–Crippen LogP) is 6.77. The highest BCUT2D eigenvalue weighted by molar-refractivity contribution is 6.29. The Morgan fingerprint density at radius 2 is 1.93 bits per heavy atom. The molecule has 3 aromatic rings. The van der Waals surface area contributed by atoms with E-state index in [9.17, 15) is 0 Å². The van der Waals surface area contributed by atoms with Crippen molar-refractivity contribution in [2.45, 2.75) is 13.8 Å². The normalized spacial score (nSPS) is 20.1. The van der Waals surface area contributed by atoms with Gasteiger partial charge in [0, 0.05) is 11.3 Å². The van der Waals surface area contributed by atoms with E-state index in [2.05, 4.69) is 66.0 Å². The van der Waals surface area contributed by atoms with Crippen LogP contribution in [-0.4, -0.2) is 9.97 Å². The molecule has 4 rings (SSSR count). The largest absolute Gasteiger partial charge is 0.223 e. The molecule has 0 bridgehead atoms. The molecule has 0 radical (unpaired) electrons. The molecule has 27 heavy (non-hydrogen) atoms. The van der Waals surface area contributed by atoms with Crippen LogP contribution in [0, 0.1) is 11.8 Å². The molecule has 0 spiro atoms. The van der Waals surface area contributed by atoms with Crippen molar-refractivity contribution in [3.63, 3.8) is 0 Å². The molecule has 3 heteroatoms. The van der Waals surface area contributed by atoms with E-state index in [1.807, 2.05) is 31.2 Å². The van der Waals surface area contributed by atoms with E-state index in [-0.39, 0.29) is 5.28 Å². The van der Waals surface area contributed by atoms with Crippen molar-refractivity contribution in [3.8, 4) is 0 Å². The second-order valence-electron chi connectivity index (χ2n) is 6.91.